The van der Waals surface area contributed by atoms with Gasteiger partial charge in [0, 0.05) is 76.2 Å². The van der Waals surface area contributed by atoms with E-state index in [2.05, 4.69) is 45.8 Å². The quantitative estimate of drug-likeness (QED) is 0.267. The van der Waals surface area contributed by atoms with Crippen LogP contribution in [0.4, 0.5) is 4.39 Å². The summed E-state index contributed by atoms with van der Waals surface area (Å²) in [6.45, 7) is 17.9. The number of carbonyl (C=O) groups excluding carboxylic acids is 1. The lowest BCUT2D eigenvalue weighted by Crippen LogP contribution is -2.53. The number of aromatic nitrogens is 2. The number of fused-ring (bicyclic) bond motifs is 1. The second-order valence-corrected chi connectivity index (χ2v) is 14.1. The summed E-state index contributed by atoms with van der Waals surface area (Å²) in [5.41, 5.74) is 4.31. The van der Waals surface area contributed by atoms with Gasteiger partial charge in [0.2, 0.25) is 0 Å². The molecule has 9 nitrogen and oxygen atoms in total. The SMILES string of the molecule is CCN(C(=O)c1cc(F)ccc1-c1cc(C2CN([C@H](CCCN3CCN(C(CO)CO)CC3)C(C)C)C2)cc2c1cnn2C)C(C)C. The zero-order valence-corrected chi connectivity index (χ0v) is 29.2. The Morgan fingerprint density at radius 1 is 1.00 bits per heavy atom. The maximum atomic E-state index is 14.6. The number of amides is 1. The normalized spacial score (nSPS) is 17.7. The smallest absolute Gasteiger partial charge is 0.254 e. The van der Waals surface area contributed by atoms with E-state index >= 15 is 0 Å². The van der Waals surface area contributed by atoms with Gasteiger partial charge in [0.05, 0.1) is 36.5 Å². The van der Waals surface area contributed by atoms with Gasteiger partial charge in [-0.2, -0.15) is 5.10 Å². The molecule has 3 aromatic rings. The van der Waals surface area contributed by atoms with Crippen molar-refractivity contribution in [2.75, 3.05) is 65.6 Å². The van der Waals surface area contributed by atoms with Crippen molar-refractivity contribution in [3.05, 3.63) is 53.5 Å². The van der Waals surface area contributed by atoms with Crippen LogP contribution in [0.3, 0.4) is 0 Å². The summed E-state index contributed by atoms with van der Waals surface area (Å²) in [6.07, 6.45) is 4.15. The molecule has 1 aromatic heterocycles. The fourth-order valence-corrected chi connectivity index (χ4v) is 7.65. The standard InChI is InChI=1S/C37H55FN6O3/c1-7-44(26(4)5)37(47)33-19-29(38)10-11-31(33)32-17-27(18-36-34(32)20-39-40(36)6)28-21-43(22-28)35(25(2)3)9-8-12-41-13-15-42(16-14-41)30(23-45)24-46/h10-11,17-20,25-26,28,30,35,45-46H,7-9,12-16,21-24H2,1-6H3/t35-/m1/s1. The summed E-state index contributed by atoms with van der Waals surface area (Å²) >= 11 is 0. The minimum Gasteiger partial charge on any atom is -0.395 e. The molecule has 0 radical (unpaired) electrons. The Hall–Kier alpha value is -2.89. The third-order valence-electron chi connectivity index (χ3n) is 10.6. The second-order valence-electron chi connectivity index (χ2n) is 14.1. The summed E-state index contributed by atoms with van der Waals surface area (Å²) in [5.74, 6) is 0.350. The van der Waals surface area contributed by atoms with E-state index in [-0.39, 0.29) is 31.2 Å². The van der Waals surface area contributed by atoms with E-state index < -0.39 is 5.82 Å². The van der Waals surface area contributed by atoms with Crippen LogP contribution in [0.1, 0.15) is 69.3 Å². The first kappa shape index (κ1) is 35.4. The number of nitrogens with zero attached hydrogens (tertiary/aromatic N) is 6. The maximum absolute atomic E-state index is 14.6. The number of hydrogen-bond donors (Lipinski definition) is 2. The minimum absolute atomic E-state index is 0.00356. The van der Waals surface area contributed by atoms with Crippen LogP contribution in [-0.4, -0.2) is 129 Å². The van der Waals surface area contributed by atoms with Gasteiger partial charge >= 0.3 is 0 Å². The number of aliphatic hydroxyl groups is 2. The summed E-state index contributed by atoms with van der Waals surface area (Å²) in [5, 5.41) is 24.6. The largest absolute Gasteiger partial charge is 0.395 e. The molecule has 2 saturated heterocycles. The van der Waals surface area contributed by atoms with Gasteiger partial charge in [-0.1, -0.05) is 19.9 Å². The average molecular weight is 651 g/mol. The van der Waals surface area contributed by atoms with Crippen molar-refractivity contribution in [3.63, 3.8) is 0 Å². The molecule has 0 saturated carbocycles. The summed E-state index contributed by atoms with van der Waals surface area (Å²) < 4.78 is 16.5. The zero-order valence-electron chi connectivity index (χ0n) is 29.2. The molecular weight excluding hydrogens is 595 g/mol. The highest BCUT2D eigenvalue weighted by Gasteiger charge is 2.35. The molecule has 3 heterocycles. The average Bonchev–Trinajstić information content (AvgIpc) is 3.40. The molecule has 47 heavy (non-hydrogen) atoms. The van der Waals surface area contributed by atoms with Crippen LogP contribution in [0.2, 0.25) is 0 Å². The molecule has 2 aliphatic heterocycles. The van der Waals surface area contributed by atoms with Crippen LogP contribution in [0.15, 0.2) is 36.5 Å². The van der Waals surface area contributed by atoms with Crippen LogP contribution in [-0.2, 0) is 7.05 Å². The highest BCUT2D eigenvalue weighted by molar-refractivity contribution is 6.05. The Kier molecular flexibility index (Phi) is 11.7. The fraction of sp³-hybridized carbons (Fsp3) is 0.622. The van der Waals surface area contributed by atoms with Gasteiger partial charge < -0.3 is 20.0 Å². The van der Waals surface area contributed by atoms with Gasteiger partial charge in [0.25, 0.3) is 5.91 Å². The van der Waals surface area contributed by atoms with Crippen molar-refractivity contribution in [1.82, 2.24) is 29.4 Å². The van der Waals surface area contributed by atoms with Gasteiger partial charge in [-0.05, 0) is 87.0 Å². The number of rotatable bonds is 14. The van der Waals surface area contributed by atoms with E-state index in [1.807, 2.05) is 38.7 Å². The van der Waals surface area contributed by atoms with Crippen LogP contribution < -0.4 is 0 Å². The lowest BCUT2D eigenvalue weighted by Gasteiger charge is -2.47. The maximum Gasteiger partial charge on any atom is 0.254 e. The molecule has 0 spiro atoms. The van der Waals surface area contributed by atoms with Crippen LogP contribution in [0.5, 0.6) is 0 Å². The van der Waals surface area contributed by atoms with Crippen LogP contribution in [0, 0.1) is 11.7 Å². The third-order valence-corrected chi connectivity index (χ3v) is 10.6. The lowest BCUT2D eigenvalue weighted by molar-refractivity contribution is 0.0318. The number of hydrogen-bond acceptors (Lipinski definition) is 7. The predicted molar refractivity (Wildman–Crippen MR) is 186 cm³/mol. The first-order chi connectivity index (χ1) is 22.6. The van der Waals surface area contributed by atoms with E-state index in [4.69, 9.17) is 0 Å². The Morgan fingerprint density at radius 2 is 1.70 bits per heavy atom. The van der Waals surface area contributed by atoms with Crippen LogP contribution >= 0.6 is 0 Å². The monoisotopic (exact) mass is 650 g/mol. The van der Waals surface area contributed by atoms with Crippen molar-refractivity contribution in [2.45, 2.75) is 71.5 Å². The number of aliphatic hydroxyl groups excluding tert-OH is 2. The number of halogens is 1. The molecular formula is C37H55FN6O3. The van der Waals surface area contributed by atoms with E-state index in [1.54, 1.807) is 11.0 Å². The summed E-state index contributed by atoms with van der Waals surface area (Å²) in [7, 11) is 1.95. The van der Waals surface area contributed by atoms with Crippen LogP contribution in [0.25, 0.3) is 22.0 Å². The number of aryl methyl sites for hydroxylation is 1. The number of likely N-dealkylation sites (tertiary alicyclic amines) is 1. The number of benzene rings is 2. The predicted octanol–water partition coefficient (Wildman–Crippen LogP) is 4.42. The summed E-state index contributed by atoms with van der Waals surface area (Å²) in [6, 6.07) is 9.41. The molecule has 1 amide bonds. The molecule has 1 atom stereocenters. The summed E-state index contributed by atoms with van der Waals surface area (Å²) in [4.78, 5) is 22.9. The Labute approximate surface area is 279 Å². The van der Waals surface area contributed by atoms with E-state index in [0.29, 0.717) is 30.0 Å². The molecule has 2 aliphatic rings. The van der Waals surface area contributed by atoms with Gasteiger partial charge in [-0.25, -0.2) is 4.39 Å². The van der Waals surface area contributed by atoms with Gasteiger partial charge in [-0.15, -0.1) is 0 Å². The van der Waals surface area contributed by atoms with Gasteiger partial charge in [0.15, 0.2) is 0 Å². The topological polar surface area (TPSA) is 88.3 Å². The van der Waals surface area contributed by atoms with Gasteiger partial charge in [-0.3, -0.25) is 19.3 Å². The van der Waals surface area contributed by atoms with Crippen molar-refractivity contribution in [2.24, 2.45) is 13.0 Å². The third kappa shape index (κ3) is 7.73. The van der Waals surface area contributed by atoms with Crippen molar-refractivity contribution in [1.29, 1.82) is 0 Å². The van der Waals surface area contributed by atoms with Crippen molar-refractivity contribution < 1.29 is 19.4 Å². The number of piperazine rings is 1. The lowest BCUT2D eigenvalue weighted by atomic mass is 9.84. The van der Waals surface area contributed by atoms with E-state index in [0.717, 1.165) is 80.7 Å². The molecule has 0 aliphatic carbocycles. The second kappa shape index (κ2) is 15.6. The zero-order chi connectivity index (χ0) is 33.8. The first-order valence-electron chi connectivity index (χ1n) is 17.5. The molecule has 2 fully saturated rings. The van der Waals surface area contributed by atoms with E-state index in [1.165, 1.54) is 17.7 Å². The molecule has 0 bridgehead atoms. The van der Waals surface area contributed by atoms with Gasteiger partial charge in [0.1, 0.15) is 5.82 Å². The molecule has 10 heteroatoms. The van der Waals surface area contributed by atoms with Crippen molar-refractivity contribution >= 4 is 16.8 Å². The Bertz CT molecular complexity index is 1490. The first-order valence-corrected chi connectivity index (χ1v) is 17.5. The molecule has 0 unspecified atom stereocenters. The highest BCUT2D eigenvalue weighted by Crippen LogP contribution is 2.39. The molecule has 5 rings (SSSR count). The Balaban J connectivity index is 1.29. The molecule has 2 N–H and O–H groups in total. The van der Waals surface area contributed by atoms with E-state index in [9.17, 15) is 19.4 Å². The fourth-order valence-electron chi connectivity index (χ4n) is 7.65. The number of carbonyl (C=O) groups is 1. The molecule has 2 aromatic carbocycles. The molecule has 258 valence electrons. The Morgan fingerprint density at radius 3 is 2.32 bits per heavy atom. The highest BCUT2D eigenvalue weighted by atomic mass is 19.1. The minimum atomic E-state index is -0.413. The van der Waals surface area contributed by atoms with Crippen molar-refractivity contribution in [3.8, 4) is 11.1 Å².